The van der Waals surface area contributed by atoms with Gasteiger partial charge in [0.05, 0.1) is 7.11 Å². The molecule has 2 rings (SSSR count). The van der Waals surface area contributed by atoms with Crippen LogP contribution in [0.3, 0.4) is 0 Å². The second kappa shape index (κ2) is 3.73. The van der Waals surface area contributed by atoms with Gasteiger partial charge in [-0.05, 0) is 31.5 Å². The maximum Gasteiger partial charge on any atom is 0.258 e. The first kappa shape index (κ1) is 9.71. The second-order valence-electron chi connectivity index (χ2n) is 3.33. The lowest BCUT2D eigenvalue weighted by atomic mass is 10.1. The number of benzene rings is 1. The molecule has 1 heterocycles. The van der Waals surface area contributed by atoms with Crippen molar-refractivity contribution in [3.8, 4) is 17.2 Å². The highest BCUT2D eigenvalue weighted by Gasteiger charge is 2.10. The van der Waals surface area contributed by atoms with Crippen LogP contribution in [0.25, 0.3) is 11.5 Å². The average molecular weight is 204 g/mol. The highest BCUT2D eigenvalue weighted by molar-refractivity contribution is 5.60. The molecule has 0 N–H and O–H groups in total. The smallest absolute Gasteiger partial charge is 0.258 e. The van der Waals surface area contributed by atoms with Crippen LogP contribution in [0.5, 0.6) is 5.75 Å². The summed E-state index contributed by atoms with van der Waals surface area (Å²) < 4.78 is 10.3. The van der Waals surface area contributed by atoms with Gasteiger partial charge in [0, 0.05) is 5.56 Å². The number of aromatic nitrogens is 2. The molecule has 0 aliphatic heterocycles. The Kier molecular flexibility index (Phi) is 2.41. The molecule has 0 amide bonds. The van der Waals surface area contributed by atoms with Crippen molar-refractivity contribution in [3.05, 3.63) is 29.6 Å². The largest absolute Gasteiger partial charge is 0.497 e. The summed E-state index contributed by atoms with van der Waals surface area (Å²) in [5, 5.41) is 3.76. The van der Waals surface area contributed by atoms with Crippen LogP contribution in [-0.2, 0) is 0 Å². The van der Waals surface area contributed by atoms with Gasteiger partial charge in [-0.1, -0.05) is 11.2 Å². The van der Waals surface area contributed by atoms with Crippen LogP contribution in [0.4, 0.5) is 0 Å². The summed E-state index contributed by atoms with van der Waals surface area (Å²) in [5.74, 6) is 1.95. The third-order valence-corrected chi connectivity index (χ3v) is 2.20. The van der Waals surface area contributed by atoms with E-state index in [0.29, 0.717) is 11.7 Å². The minimum absolute atomic E-state index is 0.531. The molecular weight excluding hydrogens is 192 g/mol. The van der Waals surface area contributed by atoms with E-state index in [1.807, 2.05) is 25.1 Å². The first-order valence-corrected chi connectivity index (χ1v) is 4.66. The topological polar surface area (TPSA) is 48.2 Å². The van der Waals surface area contributed by atoms with Crippen molar-refractivity contribution in [2.45, 2.75) is 13.8 Å². The molecule has 4 nitrogen and oxygen atoms in total. The van der Waals surface area contributed by atoms with Gasteiger partial charge in [-0.15, -0.1) is 0 Å². The van der Waals surface area contributed by atoms with E-state index >= 15 is 0 Å². The molecule has 0 radical (unpaired) electrons. The lowest BCUT2D eigenvalue weighted by molar-refractivity contribution is 0.412. The highest BCUT2D eigenvalue weighted by Crippen LogP contribution is 2.25. The van der Waals surface area contributed by atoms with Gasteiger partial charge in [-0.3, -0.25) is 0 Å². The maximum absolute atomic E-state index is 5.15. The maximum atomic E-state index is 5.15. The predicted octanol–water partition coefficient (Wildman–Crippen LogP) is 2.36. The van der Waals surface area contributed by atoms with Gasteiger partial charge in [0.1, 0.15) is 5.75 Å². The van der Waals surface area contributed by atoms with Crippen LogP contribution >= 0.6 is 0 Å². The molecular formula is C11H12N2O2. The van der Waals surface area contributed by atoms with Crippen molar-refractivity contribution < 1.29 is 9.26 Å². The van der Waals surface area contributed by atoms with Crippen LogP contribution < -0.4 is 4.74 Å². The van der Waals surface area contributed by atoms with Crippen LogP contribution in [0.15, 0.2) is 22.7 Å². The molecule has 15 heavy (non-hydrogen) atoms. The summed E-state index contributed by atoms with van der Waals surface area (Å²) in [4.78, 5) is 4.18. The van der Waals surface area contributed by atoms with Crippen molar-refractivity contribution in [2.24, 2.45) is 0 Å². The molecule has 78 valence electrons. The van der Waals surface area contributed by atoms with E-state index in [9.17, 15) is 0 Å². The number of ether oxygens (including phenoxy) is 1. The molecule has 2 aromatic rings. The Morgan fingerprint density at radius 1 is 1.27 bits per heavy atom. The molecule has 0 saturated heterocycles. The lowest BCUT2D eigenvalue weighted by Crippen LogP contribution is -1.87. The highest BCUT2D eigenvalue weighted by atomic mass is 16.5. The summed E-state index contributed by atoms with van der Waals surface area (Å²) in [6.45, 7) is 3.79. The molecule has 4 heteroatoms. The zero-order chi connectivity index (χ0) is 10.8. The third-order valence-electron chi connectivity index (χ3n) is 2.20. The monoisotopic (exact) mass is 204 g/mol. The fourth-order valence-electron chi connectivity index (χ4n) is 1.36. The minimum Gasteiger partial charge on any atom is -0.497 e. The number of hydrogen-bond donors (Lipinski definition) is 0. The van der Waals surface area contributed by atoms with E-state index in [1.54, 1.807) is 14.0 Å². The lowest BCUT2D eigenvalue weighted by Gasteiger charge is -2.03. The van der Waals surface area contributed by atoms with E-state index in [0.717, 1.165) is 16.9 Å². The van der Waals surface area contributed by atoms with Crippen molar-refractivity contribution in [1.29, 1.82) is 0 Å². The first-order chi connectivity index (χ1) is 7.20. The zero-order valence-corrected chi connectivity index (χ0v) is 8.94. The summed E-state index contributed by atoms with van der Waals surface area (Å²) in [6.07, 6.45) is 0. The molecule has 0 atom stereocenters. The standard InChI is InChI=1S/C11H12N2O2/c1-7-4-5-9(14-3)6-10(7)11-12-8(2)13-15-11/h4-6H,1-3H3. The summed E-state index contributed by atoms with van der Waals surface area (Å²) >= 11 is 0. The molecule has 0 saturated carbocycles. The Bertz CT molecular complexity index is 477. The Balaban J connectivity index is 2.51. The molecule has 0 fully saturated rings. The SMILES string of the molecule is COc1ccc(C)c(-c2nc(C)no2)c1. The number of rotatable bonds is 2. The van der Waals surface area contributed by atoms with Gasteiger partial charge in [-0.25, -0.2) is 0 Å². The van der Waals surface area contributed by atoms with Crippen molar-refractivity contribution in [2.75, 3.05) is 7.11 Å². The molecule has 0 unspecified atom stereocenters. The molecule has 0 aliphatic carbocycles. The molecule has 0 aliphatic rings. The molecule has 1 aromatic carbocycles. The van der Waals surface area contributed by atoms with Crippen LogP contribution in [0, 0.1) is 13.8 Å². The first-order valence-electron chi connectivity index (χ1n) is 4.66. The zero-order valence-electron chi connectivity index (χ0n) is 8.94. The summed E-state index contributed by atoms with van der Waals surface area (Å²) in [5.41, 5.74) is 1.99. The second-order valence-corrected chi connectivity index (χ2v) is 3.33. The number of aryl methyl sites for hydroxylation is 2. The predicted molar refractivity (Wildman–Crippen MR) is 55.8 cm³/mol. The fourth-order valence-corrected chi connectivity index (χ4v) is 1.36. The van der Waals surface area contributed by atoms with Crippen LogP contribution in [0.1, 0.15) is 11.4 Å². The van der Waals surface area contributed by atoms with Gasteiger partial charge >= 0.3 is 0 Å². The summed E-state index contributed by atoms with van der Waals surface area (Å²) in [7, 11) is 1.63. The van der Waals surface area contributed by atoms with Crippen molar-refractivity contribution >= 4 is 0 Å². The quantitative estimate of drug-likeness (QED) is 0.753. The molecule has 0 spiro atoms. The van der Waals surface area contributed by atoms with Gasteiger partial charge in [0.25, 0.3) is 5.89 Å². The summed E-state index contributed by atoms with van der Waals surface area (Å²) in [6, 6.07) is 5.76. The van der Waals surface area contributed by atoms with E-state index in [4.69, 9.17) is 9.26 Å². The average Bonchev–Trinajstić information content (AvgIpc) is 2.65. The van der Waals surface area contributed by atoms with E-state index in [1.165, 1.54) is 0 Å². The Hall–Kier alpha value is -1.84. The fraction of sp³-hybridized carbons (Fsp3) is 0.273. The van der Waals surface area contributed by atoms with Gasteiger partial charge in [-0.2, -0.15) is 4.98 Å². The van der Waals surface area contributed by atoms with Crippen molar-refractivity contribution in [1.82, 2.24) is 10.1 Å². The molecule has 0 bridgehead atoms. The minimum atomic E-state index is 0.531. The normalized spacial score (nSPS) is 10.3. The van der Waals surface area contributed by atoms with Gasteiger partial charge in [0.15, 0.2) is 5.82 Å². The Labute approximate surface area is 87.9 Å². The third kappa shape index (κ3) is 1.83. The van der Waals surface area contributed by atoms with Crippen LogP contribution in [-0.4, -0.2) is 17.3 Å². The Morgan fingerprint density at radius 3 is 2.67 bits per heavy atom. The van der Waals surface area contributed by atoms with E-state index < -0.39 is 0 Å². The number of hydrogen-bond acceptors (Lipinski definition) is 4. The number of methoxy groups -OCH3 is 1. The van der Waals surface area contributed by atoms with Crippen molar-refractivity contribution in [3.63, 3.8) is 0 Å². The number of nitrogens with zero attached hydrogens (tertiary/aromatic N) is 2. The molecule has 1 aromatic heterocycles. The van der Waals surface area contributed by atoms with E-state index in [-0.39, 0.29) is 0 Å². The van der Waals surface area contributed by atoms with E-state index in [2.05, 4.69) is 10.1 Å². The van der Waals surface area contributed by atoms with Gasteiger partial charge < -0.3 is 9.26 Å². The van der Waals surface area contributed by atoms with Crippen LogP contribution in [0.2, 0.25) is 0 Å². The van der Waals surface area contributed by atoms with Gasteiger partial charge in [0.2, 0.25) is 0 Å². The Morgan fingerprint density at radius 2 is 2.07 bits per heavy atom.